The van der Waals surface area contributed by atoms with Gasteiger partial charge in [-0.15, -0.1) is 0 Å². The topological polar surface area (TPSA) is 75.7 Å². The molecule has 1 aliphatic heterocycles. The Hall–Kier alpha value is -1.60. The summed E-state index contributed by atoms with van der Waals surface area (Å²) in [6.07, 6.45) is 2.60. The number of hydrogen-bond donors (Lipinski definition) is 1. The lowest BCUT2D eigenvalue weighted by Gasteiger charge is -2.19. The highest BCUT2D eigenvalue weighted by molar-refractivity contribution is 7.89. The molecule has 7 heteroatoms. The average molecular weight is 368 g/mol. The van der Waals surface area contributed by atoms with Crippen LogP contribution in [0.25, 0.3) is 0 Å². The Bertz CT molecular complexity index is 695. The summed E-state index contributed by atoms with van der Waals surface area (Å²) in [5.41, 5.74) is 0.338. The van der Waals surface area contributed by atoms with Gasteiger partial charge in [0.2, 0.25) is 10.0 Å². The van der Waals surface area contributed by atoms with Gasteiger partial charge >= 0.3 is 0 Å². The minimum absolute atomic E-state index is 0.0766. The first kappa shape index (κ1) is 19.7. The van der Waals surface area contributed by atoms with Crippen molar-refractivity contribution in [1.82, 2.24) is 9.62 Å². The van der Waals surface area contributed by atoms with Crippen molar-refractivity contribution in [3.8, 4) is 5.75 Å². The third-order valence-electron chi connectivity index (χ3n) is 4.20. The lowest BCUT2D eigenvalue weighted by molar-refractivity contribution is 0.0951. The van der Waals surface area contributed by atoms with Crippen LogP contribution in [0, 0.1) is 5.92 Å². The van der Waals surface area contributed by atoms with Crippen LogP contribution in [-0.4, -0.2) is 44.9 Å². The van der Waals surface area contributed by atoms with Gasteiger partial charge in [-0.05, 0) is 50.3 Å². The van der Waals surface area contributed by atoms with E-state index in [1.54, 1.807) is 19.1 Å². The number of nitrogens with zero attached hydrogens (tertiary/aromatic N) is 1. The SMILES string of the molecule is CCOc1ccc(C(=O)NCCC(C)C)cc1S(=O)(=O)N1CCCC1. The second-order valence-corrected chi connectivity index (χ2v) is 8.55. The van der Waals surface area contributed by atoms with Gasteiger partial charge < -0.3 is 10.1 Å². The standard InChI is InChI=1S/C18H28N2O4S/c1-4-24-16-8-7-15(18(21)19-10-9-14(2)3)13-17(16)25(22,23)20-11-5-6-12-20/h7-8,13-14H,4-6,9-12H2,1-3H3,(H,19,21). The largest absolute Gasteiger partial charge is 0.492 e. The summed E-state index contributed by atoms with van der Waals surface area (Å²) in [7, 11) is -3.65. The summed E-state index contributed by atoms with van der Waals surface area (Å²) >= 11 is 0. The Labute approximate surface area is 150 Å². The highest BCUT2D eigenvalue weighted by Gasteiger charge is 2.30. The molecule has 1 amide bonds. The Morgan fingerprint density at radius 2 is 1.96 bits per heavy atom. The summed E-state index contributed by atoms with van der Waals surface area (Å²) in [5.74, 6) is 0.529. The molecule has 0 spiro atoms. The van der Waals surface area contributed by atoms with Crippen LogP contribution in [0.3, 0.4) is 0 Å². The summed E-state index contributed by atoms with van der Waals surface area (Å²) in [5, 5.41) is 2.84. The summed E-state index contributed by atoms with van der Waals surface area (Å²) in [4.78, 5) is 12.4. The van der Waals surface area contributed by atoms with Crippen LogP contribution in [0.1, 0.15) is 50.4 Å². The molecule has 0 unspecified atom stereocenters. The van der Waals surface area contributed by atoms with Gasteiger partial charge in [-0.2, -0.15) is 4.31 Å². The monoisotopic (exact) mass is 368 g/mol. The number of amides is 1. The third-order valence-corrected chi connectivity index (χ3v) is 6.12. The van der Waals surface area contributed by atoms with Gasteiger partial charge in [0.1, 0.15) is 10.6 Å². The lowest BCUT2D eigenvalue weighted by atomic mass is 10.1. The van der Waals surface area contributed by atoms with Crippen molar-refractivity contribution in [3.63, 3.8) is 0 Å². The van der Waals surface area contributed by atoms with Crippen LogP contribution in [0.5, 0.6) is 5.75 Å². The predicted octanol–water partition coefficient (Wildman–Crippen LogP) is 2.65. The second kappa shape index (κ2) is 8.67. The second-order valence-electron chi connectivity index (χ2n) is 6.64. The maximum Gasteiger partial charge on any atom is 0.251 e. The quantitative estimate of drug-likeness (QED) is 0.765. The molecule has 0 aliphatic carbocycles. The molecule has 6 nitrogen and oxygen atoms in total. The maximum absolute atomic E-state index is 12.9. The van der Waals surface area contributed by atoms with E-state index in [2.05, 4.69) is 19.2 Å². The molecule has 1 aliphatic rings. The highest BCUT2D eigenvalue weighted by Crippen LogP contribution is 2.30. The fourth-order valence-electron chi connectivity index (χ4n) is 2.77. The molecule has 0 radical (unpaired) electrons. The summed E-state index contributed by atoms with van der Waals surface area (Å²) in [6.45, 7) is 7.93. The zero-order valence-electron chi connectivity index (χ0n) is 15.2. The average Bonchev–Trinajstić information content (AvgIpc) is 3.10. The fraction of sp³-hybridized carbons (Fsp3) is 0.611. The van der Waals surface area contributed by atoms with E-state index < -0.39 is 10.0 Å². The molecule has 1 fully saturated rings. The minimum atomic E-state index is -3.65. The number of hydrogen-bond acceptors (Lipinski definition) is 4. The van der Waals surface area contributed by atoms with Crippen LogP contribution in [-0.2, 0) is 10.0 Å². The number of rotatable bonds is 8. The van der Waals surface area contributed by atoms with Gasteiger partial charge in [-0.25, -0.2) is 8.42 Å². The zero-order chi connectivity index (χ0) is 18.4. The molecule has 1 aromatic carbocycles. The van der Waals surface area contributed by atoms with Crippen molar-refractivity contribution in [2.24, 2.45) is 5.92 Å². The number of ether oxygens (including phenoxy) is 1. The summed E-state index contributed by atoms with van der Waals surface area (Å²) in [6, 6.07) is 4.62. The van der Waals surface area contributed by atoms with Crippen LogP contribution in [0.15, 0.2) is 23.1 Å². The number of carbonyl (C=O) groups is 1. The van der Waals surface area contributed by atoms with Crippen molar-refractivity contribution in [1.29, 1.82) is 0 Å². The van der Waals surface area contributed by atoms with Crippen molar-refractivity contribution in [3.05, 3.63) is 23.8 Å². The smallest absolute Gasteiger partial charge is 0.251 e. The van der Waals surface area contributed by atoms with Gasteiger partial charge in [-0.1, -0.05) is 13.8 Å². The lowest BCUT2D eigenvalue weighted by Crippen LogP contribution is -2.29. The number of carbonyl (C=O) groups excluding carboxylic acids is 1. The molecule has 0 atom stereocenters. The molecule has 1 saturated heterocycles. The Morgan fingerprint density at radius 1 is 1.28 bits per heavy atom. The maximum atomic E-state index is 12.9. The van der Waals surface area contributed by atoms with E-state index in [9.17, 15) is 13.2 Å². The third kappa shape index (κ3) is 4.95. The van der Waals surface area contributed by atoms with Gasteiger partial charge in [0.05, 0.1) is 6.61 Å². The Morgan fingerprint density at radius 3 is 2.56 bits per heavy atom. The fourth-order valence-corrected chi connectivity index (χ4v) is 4.44. The molecule has 1 heterocycles. The molecule has 140 valence electrons. The molecule has 25 heavy (non-hydrogen) atoms. The van der Waals surface area contributed by atoms with Gasteiger partial charge in [0.15, 0.2) is 0 Å². The number of nitrogens with one attached hydrogen (secondary N) is 1. The number of benzene rings is 1. The van der Waals surface area contributed by atoms with Crippen LogP contribution in [0.4, 0.5) is 0 Å². The number of sulfonamides is 1. The van der Waals surface area contributed by atoms with E-state index in [0.717, 1.165) is 19.3 Å². The van der Waals surface area contributed by atoms with E-state index in [-0.39, 0.29) is 10.8 Å². The molecular formula is C18H28N2O4S. The van der Waals surface area contributed by atoms with E-state index in [0.29, 0.717) is 43.5 Å². The Kier molecular flexibility index (Phi) is 6.84. The highest BCUT2D eigenvalue weighted by atomic mass is 32.2. The van der Waals surface area contributed by atoms with Crippen LogP contribution < -0.4 is 10.1 Å². The van der Waals surface area contributed by atoms with Gasteiger partial charge in [0, 0.05) is 25.2 Å². The minimum Gasteiger partial charge on any atom is -0.492 e. The molecule has 0 aromatic heterocycles. The van der Waals surface area contributed by atoms with Gasteiger partial charge in [0.25, 0.3) is 5.91 Å². The van der Waals surface area contributed by atoms with Crippen molar-refractivity contribution >= 4 is 15.9 Å². The van der Waals surface area contributed by atoms with Crippen LogP contribution >= 0.6 is 0 Å². The molecular weight excluding hydrogens is 340 g/mol. The molecule has 0 bridgehead atoms. The zero-order valence-corrected chi connectivity index (χ0v) is 16.1. The predicted molar refractivity (Wildman–Crippen MR) is 97.4 cm³/mol. The van der Waals surface area contributed by atoms with E-state index in [4.69, 9.17) is 4.74 Å². The normalized spacial score (nSPS) is 15.5. The van der Waals surface area contributed by atoms with Crippen LogP contribution in [0.2, 0.25) is 0 Å². The van der Waals surface area contributed by atoms with E-state index in [1.807, 2.05) is 0 Å². The molecule has 1 N–H and O–H groups in total. The Balaban J connectivity index is 2.28. The first-order valence-electron chi connectivity index (χ1n) is 8.91. The van der Waals surface area contributed by atoms with Gasteiger partial charge in [-0.3, -0.25) is 4.79 Å². The first-order chi connectivity index (χ1) is 11.9. The first-order valence-corrected chi connectivity index (χ1v) is 10.4. The molecule has 1 aromatic rings. The van der Waals surface area contributed by atoms with Crippen molar-refractivity contribution in [2.75, 3.05) is 26.2 Å². The molecule has 2 rings (SSSR count). The van der Waals surface area contributed by atoms with Crippen molar-refractivity contribution in [2.45, 2.75) is 44.9 Å². The van der Waals surface area contributed by atoms with Crippen molar-refractivity contribution < 1.29 is 17.9 Å². The summed E-state index contributed by atoms with van der Waals surface area (Å²) < 4.78 is 32.8. The van der Waals surface area contributed by atoms with E-state index in [1.165, 1.54) is 10.4 Å². The van der Waals surface area contributed by atoms with E-state index >= 15 is 0 Å². The molecule has 0 saturated carbocycles.